The van der Waals surface area contributed by atoms with Crippen molar-refractivity contribution in [2.75, 3.05) is 52.1 Å². The Morgan fingerprint density at radius 1 is 1.11 bits per heavy atom. The van der Waals surface area contributed by atoms with Crippen LogP contribution in [-0.4, -0.2) is 90.4 Å². The van der Waals surface area contributed by atoms with E-state index >= 15 is 0 Å². The number of benzene rings is 1. The van der Waals surface area contributed by atoms with Gasteiger partial charge in [-0.25, -0.2) is 4.98 Å². The van der Waals surface area contributed by atoms with Crippen LogP contribution >= 0.6 is 0 Å². The van der Waals surface area contributed by atoms with Crippen molar-refractivity contribution in [3.8, 4) is 0 Å². The maximum Gasteiger partial charge on any atom is 0.251 e. The first kappa shape index (κ1) is 25.1. The highest BCUT2D eigenvalue weighted by Gasteiger charge is 2.23. The number of pyridine rings is 1. The van der Waals surface area contributed by atoms with Crippen molar-refractivity contribution in [2.24, 2.45) is 0 Å². The Hall–Kier alpha value is -2.97. The molecule has 0 aliphatic carbocycles. The lowest BCUT2D eigenvalue weighted by atomic mass is 9.99. The normalized spacial score (nSPS) is 17.7. The molecule has 188 valence electrons. The second-order valence-corrected chi connectivity index (χ2v) is 9.94. The first-order valence-corrected chi connectivity index (χ1v) is 12.6. The number of amides is 2. The number of piperidine rings is 1. The molecular formula is C27H38N6O2. The third-order valence-electron chi connectivity index (χ3n) is 7.22. The van der Waals surface area contributed by atoms with Gasteiger partial charge in [-0.2, -0.15) is 0 Å². The summed E-state index contributed by atoms with van der Waals surface area (Å²) in [5, 5.41) is 6.57. The Balaban J connectivity index is 1.29. The van der Waals surface area contributed by atoms with E-state index in [4.69, 9.17) is 0 Å². The summed E-state index contributed by atoms with van der Waals surface area (Å²) < 4.78 is 0. The van der Waals surface area contributed by atoms with Crippen molar-refractivity contribution in [1.29, 1.82) is 0 Å². The minimum Gasteiger partial charge on any atom is -0.367 e. The van der Waals surface area contributed by atoms with Crippen LogP contribution in [0.5, 0.6) is 0 Å². The predicted molar refractivity (Wildman–Crippen MR) is 138 cm³/mol. The van der Waals surface area contributed by atoms with Crippen LogP contribution in [0.15, 0.2) is 42.6 Å². The highest BCUT2D eigenvalue weighted by atomic mass is 16.2. The summed E-state index contributed by atoms with van der Waals surface area (Å²) in [5.74, 6) is 0.745. The second-order valence-electron chi connectivity index (χ2n) is 9.94. The van der Waals surface area contributed by atoms with Crippen LogP contribution in [0.1, 0.15) is 41.3 Å². The lowest BCUT2D eigenvalue weighted by Gasteiger charge is -2.34. The largest absolute Gasteiger partial charge is 0.367 e. The Kier molecular flexibility index (Phi) is 8.36. The zero-order valence-corrected chi connectivity index (χ0v) is 21.2. The second kappa shape index (κ2) is 11.6. The summed E-state index contributed by atoms with van der Waals surface area (Å²) in [6.07, 6.45) is 4.51. The number of carbonyl (C=O) groups excluding carboxylic acids is 2. The number of hydrogen-bond acceptors (Lipinski definition) is 6. The average Bonchev–Trinajstić information content (AvgIpc) is 2.86. The van der Waals surface area contributed by atoms with Crippen LogP contribution in [0.3, 0.4) is 0 Å². The van der Waals surface area contributed by atoms with E-state index in [0.29, 0.717) is 17.9 Å². The summed E-state index contributed by atoms with van der Waals surface area (Å²) in [5.41, 5.74) is 3.46. The first-order chi connectivity index (χ1) is 16.9. The molecule has 3 heterocycles. The van der Waals surface area contributed by atoms with Crippen LogP contribution < -0.4 is 10.6 Å². The predicted octanol–water partition coefficient (Wildman–Crippen LogP) is 2.22. The molecule has 1 aromatic heterocycles. The molecule has 35 heavy (non-hydrogen) atoms. The zero-order chi connectivity index (χ0) is 24.8. The van der Waals surface area contributed by atoms with Gasteiger partial charge in [-0.3, -0.25) is 14.5 Å². The molecule has 4 rings (SSSR count). The quantitative estimate of drug-likeness (QED) is 0.606. The number of likely N-dealkylation sites (N-methyl/N-ethyl adjacent to an activating group) is 1. The zero-order valence-electron chi connectivity index (χ0n) is 21.2. The van der Waals surface area contributed by atoms with E-state index < -0.39 is 0 Å². The number of hydrogen-bond donors (Lipinski definition) is 2. The maximum atomic E-state index is 12.9. The Morgan fingerprint density at radius 2 is 1.86 bits per heavy atom. The summed E-state index contributed by atoms with van der Waals surface area (Å²) in [6, 6.07) is 12.7. The van der Waals surface area contributed by atoms with Gasteiger partial charge < -0.3 is 20.4 Å². The van der Waals surface area contributed by atoms with Gasteiger partial charge in [0.25, 0.3) is 5.91 Å². The topological polar surface area (TPSA) is 80.8 Å². The van der Waals surface area contributed by atoms with Gasteiger partial charge in [-0.05, 0) is 56.6 Å². The third kappa shape index (κ3) is 6.80. The van der Waals surface area contributed by atoms with Crippen LogP contribution in [0.2, 0.25) is 0 Å². The monoisotopic (exact) mass is 478 g/mol. The minimum atomic E-state index is -0.0855. The lowest BCUT2D eigenvalue weighted by molar-refractivity contribution is -0.129. The molecule has 2 aliphatic rings. The highest BCUT2D eigenvalue weighted by molar-refractivity contribution is 5.94. The summed E-state index contributed by atoms with van der Waals surface area (Å²) in [6.45, 7) is 6.61. The van der Waals surface area contributed by atoms with Crippen molar-refractivity contribution < 1.29 is 9.59 Å². The maximum absolute atomic E-state index is 12.9. The average molecular weight is 479 g/mol. The Bertz CT molecular complexity index is 1020. The Labute approximate surface area is 208 Å². The fourth-order valence-electron chi connectivity index (χ4n) is 4.93. The molecule has 1 fully saturated rings. The fraction of sp³-hybridized carbons (Fsp3) is 0.519. The number of nitrogens with one attached hydrogen (secondary N) is 2. The van der Waals surface area contributed by atoms with Crippen molar-refractivity contribution in [1.82, 2.24) is 25.0 Å². The summed E-state index contributed by atoms with van der Waals surface area (Å²) >= 11 is 0. The molecule has 0 radical (unpaired) electrons. The number of likely N-dealkylation sites (tertiary alicyclic amines) is 1. The molecule has 0 bridgehead atoms. The minimum absolute atomic E-state index is 0.0855. The summed E-state index contributed by atoms with van der Waals surface area (Å²) in [4.78, 5) is 35.4. The number of carbonyl (C=O) groups is 2. The van der Waals surface area contributed by atoms with Crippen molar-refractivity contribution in [3.05, 3.63) is 59.3 Å². The van der Waals surface area contributed by atoms with Gasteiger partial charge in [-0.1, -0.05) is 24.3 Å². The molecular weight excluding hydrogens is 440 g/mol. The smallest absolute Gasteiger partial charge is 0.251 e. The van der Waals surface area contributed by atoms with Gasteiger partial charge in [0, 0.05) is 70.0 Å². The lowest BCUT2D eigenvalue weighted by Crippen LogP contribution is -2.48. The molecule has 1 atom stereocenters. The molecule has 2 aromatic rings. The van der Waals surface area contributed by atoms with Gasteiger partial charge in [0.15, 0.2) is 0 Å². The number of aromatic nitrogens is 1. The number of anilines is 1. The van der Waals surface area contributed by atoms with Gasteiger partial charge >= 0.3 is 0 Å². The van der Waals surface area contributed by atoms with Crippen LogP contribution in [0, 0.1) is 0 Å². The molecule has 0 spiro atoms. The molecule has 2 aliphatic heterocycles. The third-order valence-corrected chi connectivity index (χ3v) is 7.22. The van der Waals surface area contributed by atoms with Crippen LogP contribution in [0.25, 0.3) is 0 Å². The first-order valence-electron chi connectivity index (χ1n) is 12.6. The molecule has 1 unspecified atom stereocenters. The van der Waals surface area contributed by atoms with Gasteiger partial charge in [0.05, 0.1) is 0 Å². The van der Waals surface area contributed by atoms with E-state index in [9.17, 15) is 9.59 Å². The van der Waals surface area contributed by atoms with Crippen molar-refractivity contribution >= 4 is 17.6 Å². The molecule has 0 saturated carbocycles. The van der Waals surface area contributed by atoms with E-state index in [1.807, 2.05) is 11.0 Å². The van der Waals surface area contributed by atoms with E-state index in [1.54, 1.807) is 19.2 Å². The van der Waals surface area contributed by atoms with Crippen molar-refractivity contribution in [3.63, 3.8) is 0 Å². The van der Waals surface area contributed by atoms with Crippen molar-refractivity contribution in [2.45, 2.75) is 44.8 Å². The molecule has 8 nitrogen and oxygen atoms in total. The van der Waals surface area contributed by atoms with Gasteiger partial charge in [-0.15, -0.1) is 0 Å². The standard InChI is InChI=1S/C27H38N6O2/c1-20(34)33-14-10-24(11-15-33)30-26-16-22(8-12-28-26)27(35)29-17-25(31(2)3)19-32-13-9-21-6-4-5-7-23(21)18-32/h4-8,12,16,24-25H,9-11,13-15,17-19H2,1-3H3,(H,28,30)(H,29,35). The van der Waals surface area contributed by atoms with Gasteiger partial charge in [0.1, 0.15) is 5.82 Å². The molecule has 2 N–H and O–H groups in total. The fourth-order valence-corrected chi connectivity index (χ4v) is 4.93. The van der Waals surface area contributed by atoms with Crippen LogP contribution in [-0.2, 0) is 17.8 Å². The number of nitrogens with zero attached hydrogens (tertiary/aromatic N) is 4. The van der Waals surface area contributed by atoms with E-state index in [0.717, 1.165) is 52.0 Å². The molecule has 2 amide bonds. The van der Waals surface area contributed by atoms with E-state index in [2.05, 4.69) is 63.8 Å². The molecule has 1 saturated heterocycles. The number of rotatable bonds is 8. The SMILES string of the molecule is CC(=O)N1CCC(Nc2cc(C(=O)NCC(CN3CCc4ccccc4C3)N(C)C)ccn2)CC1. The molecule has 8 heteroatoms. The van der Waals surface area contributed by atoms with Gasteiger partial charge in [0.2, 0.25) is 5.91 Å². The summed E-state index contributed by atoms with van der Waals surface area (Å²) in [7, 11) is 4.14. The Morgan fingerprint density at radius 3 is 2.57 bits per heavy atom. The highest BCUT2D eigenvalue weighted by Crippen LogP contribution is 2.19. The molecule has 1 aromatic carbocycles. The van der Waals surface area contributed by atoms with E-state index in [1.165, 1.54) is 11.1 Å². The number of fused-ring (bicyclic) bond motifs is 1. The van der Waals surface area contributed by atoms with Crippen LogP contribution in [0.4, 0.5) is 5.82 Å². The van der Waals surface area contributed by atoms with E-state index in [-0.39, 0.29) is 23.9 Å².